The normalized spacial score (nSPS) is 17.8. The number of thioether (sulfide) groups is 1. The molecule has 1 aliphatic rings. The quantitative estimate of drug-likeness (QED) is 0.652. The number of ketones is 1. The van der Waals surface area contributed by atoms with Crippen LogP contribution in [0.4, 0.5) is 0 Å². The molecule has 0 aromatic heterocycles. The highest BCUT2D eigenvalue weighted by Crippen LogP contribution is 2.32. The minimum Gasteiger partial charge on any atom is -0.300 e. The second kappa shape index (κ2) is 3.94. The average Bonchev–Trinajstić information content (AvgIpc) is 1.96. The van der Waals surface area contributed by atoms with Crippen molar-refractivity contribution in [3.63, 3.8) is 0 Å². The molecule has 1 nitrogen and oxygen atoms in total. The van der Waals surface area contributed by atoms with Gasteiger partial charge in [0, 0.05) is 6.42 Å². The van der Waals surface area contributed by atoms with Gasteiger partial charge in [-0.1, -0.05) is 11.1 Å². The predicted molar refractivity (Wildman–Crippen MR) is 54.0 cm³/mol. The summed E-state index contributed by atoms with van der Waals surface area (Å²) in [5, 5.41) is 2.11. The molecule has 0 aromatic rings. The molecule has 2 heteroatoms. The van der Waals surface area contributed by atoms with Gasteiger partial charge >= 0.3 is 0 Å². The van der Waals surface area contributed by atoms with Gasteiger partial charge in [0.25, 0.3) is 0 Å². The van der Waals surface area contributed by atoms with Crippen molar-refractivity contribution in [2.75, 3.05) is 0 Å². The van der Waals surface area contributed by atoms with Crippen molar-refractivity contribution in [1.82, 2.24) is 0 Å². The lowest BCUT2D eigenvalue weighted by Crippen LogP contribution is -1.97. The molecule has 1 heterocycles. The first-order chi connectivity index (χ1) is 5.59. The monoisotopic (exact) mass is 182 g/mol. The number of allylic oxidation sites excluding steroid dienone is 3. The van der Waals surface area contributed by atoms with E-state index >= 15 is 0 Å². The van der Waals surface area contributed by atoms with Crippen molar-refractivity contribution in [2.24, 2.45) is 0 Å². The van der Waals surface area contributed by atoms with Gasteiger partial charge in [-0.05, 0) is 37.5 Å². The molecule has 0 fully saturated rings. The van der Waals surface area contributed by atoms with E-state index in [2.05, 4.69) is 19.3 Å². The number of hydrogen-bond donors (Lipinski definition) is 0. The van der Waals surface area contributed by atoms with E-state index in [0.717, 1.165) is 6.42 Å². The fourth-order valence-corrected chi connectivity index (χ4v) is 1.99. The maximum Gasteiger partial charge on any atom is 0.133 e. The van der Waals surface area contributed by atoms with Crippen LogP contribution in [0, 0.1) is 0 Å². The lowest BCUT2D eigenvalue weighted by molar-refractivity contribution is -0.116. The largest absolute Gasteiger partial charge is 0.300 e. The fraction of sp³-hybridized carbons (Fsp3) is 0.500. The van der Waals surface area contributed by atoms with Crippen LogP contribution in [-0.2, 0) is 4.79 Å². The molecule has 66 valence electrons. The van der Waals surface area contributed by atoms with Crippen molar-refractivity contribution in [1.29, 1.82) is 0 Å². The predicted octanol–water partition coefficient (Wildman–Crippen LogP) is 3.28. The number of Topliss-reactive ketones (excluding diaryl/α,β-unsaturated/α-hetero) is 1. The molecule has 0 N–H and O–H groups in total. The van der Waals surface area contributed by atoms with Gasteiger partial charge < -0.3 is 0 Å². The molecule has 1 aliphatic heterocycles. The molecule has 0 spiro atoms. The molecule has 0 saturated heterocycles. The minimum absolute atomic E-state index is 0.259. The van der Waals surface area contributed by atoms with Gasteiger partial charge in [0.15, 0.2) is 0 Å². The molecule has 0 amide bonds. The van der Waals surface area contributed by atoms with Crippen molar-refractivity contribution in [2.45, 2.75) is 33.6 Å². The number of carbonyl (C=O) groups excluding carboxylic acids is 1. The van der Waals surface area contributed by atoms with Crippen LogP contribution in [0.5, 0.6) is 0 Å². The highest BCUT2D eigenvalue weighted by molar-refractivity contribution is 8.05. The Hall–Kier alpha value is -0.500. The molecule has 0 atom stereocenters. The molecule has 0 aromatic carbocycles. The summed E-state index contributed by atoms with van der Waals surface area (Å²) in [5.41, 5.74) is 2.66. The van der Waals surface area contributed by atoms with Gasteiger partial charge in [-0.3, -0.25) is 4.79 Å². The Kier molecular flexibility index (Phi) is 3.15. The molecule has 12 heavy (non-hydrogen) atoms. The fourth-order valence-electron chi connectivity index (χ4n) is 1.20. The summed E-state index contributed by atoms with van der Waals surface area (Å²) < 4.78 is 0. The van der Waals surface area contributed by atoms with Crippen LogP contribution in [0.25, 0.3) is 0 Å². The van der Waals surface area contributed by atoms with E-state index < -0.39 is 0 Å². The van der Waals surface area contributed by atoms with E-state index in [-0.39, 0.29) is 5.78 Å². The van der Waals surface area contributed by atoms with E-state index in [1.165, 1.54) is 16.1 Å². The van der Waals surface area contributed by atoms with Crippen LogP contribution in [0.1, 0.15) is 33.6 Å². The zero-order valence-corrected chi connectivity index (χ0v) is 8.62. The van der Waals surface area contributed by atoms with Gasteiger partial charge in [-0.15, -0.1) is 11.8 Å². The SMILES string of the molecule is CC(=O)CC1=CSC(C)=C(C)C1. The van der Waals surface area contributed by atoms with Gasteiger partial charge in [-0.2, -0.15) is 0 Å². The highest BCUT2D eigenvalue weighted by atomic mass is 32.2. The zero-order chi connectivity index (χ0) is 9.14. The molecule has 0 aliphatic carbocycles. The number of rotatable bonds is 2. The molecular weight excluding hydrogens is 168 g/mol. The highest BCUT2D eigenvalue weighted by Gasteiger charge is 2.09. The Labute approximate surface area is 77.9 Å². The molecule has 0 saturated carbocycles. The standard InChI is InChI=1S/C10H14OS/c1-7-4-10(5-8(2)11)6-12-9(7)3/h6H,4-5H2,1-3H3. The summed E-state index contributed by atoms with van der Waals surface area (Å²) in [7, 11) is 0. The van der Waals surface area contributed by atoms with E-state index in [0.29, 0.717) is 6.42 Å². The second-order valence-electron chi connectivity index (χ2n) is 3.29. The summed E-state index contributed by atoms with van der Waals surface area (Å²) in [6, 6.07) is 0. The van der Waals surface area contributed by atoms with Crippen LogP contribution < -0.4 is 0 Å². The zero-order valence-electron chi connectivity index (χ0n) is 7.81. The topological polar surface area (TPSA) is 17.1 Å². The summed E-state index contributed by atoms with van der Waals surface area (Å²) in [4.78, 5) is 12.2. The van der Waals surface area contributed by atoms with Crippen LogP contribution in [-0.4, -0.2) is 5.78 Å². The van der Waals surface area contributed by atoms with Gasteiger partial charge in [0.1, 0.15) is 5.78 Å². The Morgan fingerprint density at radius 1 is 1.58 bits per heavy atom. The Balaban J connectivity index is 2.58. The third-order valence-electron chi connectivity index (χ3n) is 1.97. The summed E-state index contributed by atoms with van der Waals surface area (Å²) >= 11 is 1.74. The van der Waals surface area contributed by atoms with Gasteiger partial charge in [-0.25, -0.2) is 0 Å². The summed E-state index contributed by atoms with van der Waals surface area (Å²) in [5.74, 6) is 0.259. The first-order valence-corrected chi connectivity index (χ1v) is 4.98. The lowest BCUT2D eigenvalue weighted by atomic mass is 10.0. The Bertz CT molecular complexity index is 261. The van der Waals surface area contributed by atoms with E-state index in [1.54, 1.807) is 18.7 Å². The van der Waals surface area contributed by atoms with Crippen molar-refractivity contribution >= 4 is 17.5 Å². The first kappa shape index (κ1) is 9.59. The Morgan fingerprint density at radius 2 is 2.25 bits per heavy atom. The number of carbonyl (C=O) groups is 1. The van der Waals surface area contributed by atoms with Crippen LogP contribution in [0.15, 0.2) is 21.5 Å². The van der Waals surface area contributed by atoms with Crippen molar-refractivity contribution in [3.8, 4) is 0 Å². The molecule has 0 radical (unpaired) electrons. The third-order valence-corrected chi connectivity index (χ3v) is 3.12. The van der Waals surface area contributed by atoms with Crippen molar-refractivity contribution < 1.29 is 4.79 Å². The van der Waals surface area contributed by atoms with E-state index in [9.17, 15) is 4.79 Å². The Morgan fingerprint density at radius 3 is 2.75 bits per heavy atom. The smallest absolute Gasteiger partial charge is 0.133 e. The van der Waals surface area contributed by atoms with E-state index in [4.69, 9.17) is 0 Å². The summed E-state index contributed by atoms with van der Waals surface area (Å²) in [6.45, 7) is 5.91. The van der Waals surface area contributed by atoms with Crippen LogP contribution >= 0.6 is 11.8 Å². The van der Waals surface area contributed by atoms with Crippen LogP contribution in [0.3, 0.4) is 0 Å². The maximum atomic E-state index is 10.8. The summed E-state index contributed by atoms with van der Waals surface area (Å²) in [6.07, 6.45) is 1.61. The molecule has 0 bridgehead atoms. The van der Waals surface area contributed by atoms with Gasteiger partial charge in [0.2, 0.25) is 0 Å². The van der Waals surface area contributed by atoms with Crippen LogP contribution in [0.2, 0.25) is 0 Å². The first-order valence-electron chi connectivity index (χ1n) is 4.10. The lowest BCUT2D eigenvalue weighted by Gasteiger charge is -2.14. The molecular formula is C10H14OS. The molecule has 1 rings (SSSR count). The minimum atomic E-state index is 0.259. The van der Waals surface area contributed by atoms with Gasteiger partial charge in [0.05, 0.1) is 0 Å². The molecule has 0 unspecified atom stereocenters. The third kappa shape index (κ3) is 2.52. The number of hydrogen-bond acceptors (Lipinski definition) is 2. The second-order valence-corrected chi connectivity index (χ2v) is 4.37. The average molecular weight is 182 g/mol. The maximum absolute atomic E-state index is 10.8. The van der Waals surface area contributed by atoms with E-state index in [1.807, 2.05) is 0 Å². The van der Waals surface area contributed by atoms with Crippen molar-refractivity contribution in [3.05, 3.63) is 21.5 Å².